The first-order valence-corrected chi connectivity index (χ1v) is 7.92. The van der Waals surface area contributed by atoms with E-state index in [2.05, 4.69) is 10.6 Å². The molecule has 2 amide bonds. The Morgan fingerprint density at radius 2 is 1.79 bits per heavy atom. The highest BCUT2D eigenvalue weighted by Crippen LogP contribution is 2.05. The molecule has 1 atom stereocenters. The summed E-state index contributed by atoms with van der Waals surface area (Å²) < 4.78 is 0. The van der Waals surface area contributed by atoms with Crippen LogP contribution in [0.4, 0.5) is 0 Å². The average Bonchev–Trinajstić information content (AvgIpc) is 2.55. The van der Waals surface area contributed by atoms with Gasteiger partial charge in [0.05, 0.1) is 0 Å². The number of carboxylic acid groups (broad SMARTS) is 1. The van der Waals surface area contributed by atoms with E-state index in [-0.39, 0.29) is 19.4 Å². The molecule has 132 valence electrons. The number of aryl methyl sites for hydroxylation is 1. The first kappa shape index (κ1) is 19.6. The van der Waals surface area contributed by atoms with Crippen LogP contribution in [0.15, 0.2) is 24.3 Å². The minimum absolute atomic E-state index is 0.0127. The van der Waals surface area contributed by atoms with Gasteiger partial charge in [-0.15, -0.1) is 0 Å². The molecular formula is C17H24N2O5. The van der Waals surface area contributed by atoms with Gasteiger partial charge in [0.15, 0.2) is 0 Å². The molecule has 24 heavy (non-hydrogen) atoms. The normalized spacial score (nSPS) is 11.6. The molecule has 1 aromatic carbocycles. The van der Waals surface area contributed by atoms with E-state index in [1.807, 2.05) is 6.92 Å². The maximum absolute atomic E-state index is 12.2. The lowest BCUT2D eigenvalue weighted by atomic mass is 10.1. The third-order valence-electron chi connectivity index (χ3n) is 3.47. The molecule has 1 rings (SSSR count). The highest BCUT2D eigenvalue weighted by Gasteiger charge is 2.22. The summed E-state index contributed by atoms with van der Waals surface area (Å²) in [5.74, 6) is -1.87. The number of nitrogens with one attached hydrogen (secondary N) is 2. The molecule has 0 spiro atoms. The van der Waals surface area contributed by atoms with Crippen LogP contribution in [0.2, 0.25) is 0 Å². The Labute approximate surface area is 141 Å². The van der Waals surface area contributed by atoms with Crippen molar-refractivity contribution >= 4 is 17.8 Å². The van der Waals surface area contributed by atoms with Crippen molar-refractivity contribution in [2.45, 2.75) is 38.6 Å². The van der Waals surface area contributed by atoms with E-state index in [4.69, 9.17) is 10.2 Å². The van der Waals surface area contributed by atoms with Gasteiger partial charge in [-0.2, -0.15) is 0 Å². The minimum atomic E-state index is -1.03. The van der Waals surface area contributed by atoms with E-state index in [1.165, 1.54) is 0 Å². The number of aliphatic hydroxyl groups excluding tert-OH is 1. The topological polar surface area (TPSA) is 116 Å². The zero-order valence-electron chi connectivity index (χ0n) is 13.7. The third kappa shape index (κ3) is 7.23. The highest BCUT2D eigenvalue weighted by molar-refractivity contribution is 5.97. The van der Waals surface area contributed by atoms with Gasteiger partial charge in [-0.25, -0.2) is 0 Å². The minimum Gasteiger partial charge on any atom is -0.481 e. The van der Waals surface area contributed by atoms with Gasteiger partial charge in [-0.05, 0) is 38.3 Å². The molecule has 1 aromatic rings. The van der Waals surface area contributed by atoms with Crippen molar-refractivity contribution in [3.8, 4) is 0 Å². The second kappa shape index (κ2) is 10.4. The SMILES string of the molecule is Cc1ccc(C(=O)NC(CCC(=O)O)C(=O)NCCCCO)cc1. The van der Waals surface area contributed by atoms with Crippen LogP contribution in [0, 0.1) is 6.92 Å². The lowest BCUT2D eigenvalue weighted by molar-refractivity contribution is -0.137. The molecule has 7 heteroatoms. The molecule has 0 heterocycles. The van der Waals surface area contributed by atoms with E-state index in [1.54, 1.807) is 24.3 Å². The van der Waals surface area contributed by atoms with E-state index in [0.717, 1.165) is 5.56 Å². The summed E-state index contributed by atoms with van der Waals surface area (Å²) in [5.41, 5.74) is 1.42. The summed E-state index contributed by atoms with van der Waals surface area (Å²) in [6, 6.07) is 5.96. The molecule has 4 N–H and O–H groups in total. The first-order chi connectivity index (χ1) is 11.4. The fourth-order valence-corrected chi connectivity index (χ4v) is 2.05. The van der Waals surface area contributed by atoms with Crippen molar-refractivity contribution < 1.29 is 24.6 Å². The Morgan fingerprint density at radius 3 is 2.38 bits per heavy atom. The van der Waals surface area contributed by atoms with Gasteiger partial charge in [0, 0.05) is 25.1 Å². The molecule has 0 aliphatic heterocycles. The Kier molecular flexibility index (Phi) is 8.49. The van der Waals surface area contributed by atoms with Crippen molar-refractivity contribution in [3.05, 3.63) is 35.4 Å². The maximum atomic E-state index is 12.2. The summed E-state index contributed by atoms with van der Waals surface area (Å²) in [4.78, 5) is 35.1. The molecule has 1 unspecified atom stereocenters. The summed E-state index contributed by atoms with van der Waals surface area (Å²) >= 11 is 0. The zero-order chi connectivity index (χ0) is 17.9. The number of carbonyl (C=O) groups excluding carboxylic acids is 2. The summed E-state index contributed by atoms with van der Waals surface area (Å²) in [6.45, 7) is 2.31. The summed E-state index contributed by atoms with van der Waals surface area (Å²) in [6.07, 6.45) is 0.970. The van der Waals surface area contributed by atoms with Crippen molar-refractivity contribution in [1.82, 2.24) is 10.6 Å². The smallest absolute Gasteiger partial charge is 0.303 e. The molecule has 0 saturated carbocycles. The van der Waals surface area contributed by atoms with E-state index in [0.29, 0.717) is 24.9 Å². The Morgan fingerprint density at radius 1 is 1.12 bits per heavy atom. The number of aliphatic hydroxyl groups is 1. The van der Waals surface area contributed by atoms with Gasteiger partial charge in [0.1, 0.15) is 6.04 Å². The zero-order valence-corrected chi connectivity index (χ0v) is 13.7. The van der Waals surface area contributed by atoms with Gasteiger partial charge in [-0.1, -0.05) is 17.7 Å². The van der Waals surface area contributed by atoms with Gasteiger partial charge < -0.3 is 20.8 Å². The van der Waals surface area contributed by atoms with Crippen LogP contribution in [-0.4, -0.2) is 47.2 Å². The van der Waals surface area contributed by atoms with Crippen LogP contribution in [-0.2, 0) is 9.59 Å². The molecule has 0 aromatic heterocycles. The van der Waals surface area contributed by atoms with Crippen LogP contribution in [0.5, 0.6) is 0 Å². The maximum Gasteiger partial charge on any atom is 0.303 e. The number of carbonyl (C=O) groups is 3. The number of aliphatic carboxylic acids is 1. The van der Waals surface area contributed by atoms with Gasteiger partial charge >= 0.3 is 5.97 Å². The molecular weight excluding hydrogens is 312 g/mol. The van der Waals surface area contributed by atoms with Crippen LogP contribution >= 0.6 is 0 Å². The Balaban J connectivity index is 2.66. The predicted octanol–water partition coefficient (Wildman–Crippen LogP) is 0.847. The van der Waals surface area contributed by atoms with Gasteiger partial charge in [0.25, 0.3) is 5.91 Å². The second-order valence-electron chi connectivity index (χ2n) is 5.55. The van der Waals surface area contributed by atoms with Crippen LogP contribution in [0.25, 0.3) is 0 Å². The number of benzene rings is 1. The number of carboxylic acids is 1. The molecule has 0 fully saturated rings. The fraction of sp³-hybridized carbons (Fsp3) is 0.471. The van der Waals surface area contributed by atoms with E-state index in [9.17, 15) is 14.4 Å². The molecule has 0 aliphatic rings. The van der Waals surface area contributed by atoms with Crippen molar-refractivity contribution in [2.75, 3.05) is 13.2 Å². The van der Waals surface area contributed by atoms with Crippen LogP contribution in [0.1, 0.15) is 41.6 Å². The van der Waals surface area contributed by atoms with Crippen LogP contribution < -0.4 is 10.6 Å². The molecule has 0 radical (unpaired) electrons. The largest absolute Gasteiger partial charge is 0.481 e. The number of hydrogen-bond acceptors (Lipinski definition) is 4. The summed E-state index contributed by atoms with van der Waals surface area (Å²) in [5, 5.41) is 22.7. The standard InChI is InChI=1S/C17H24N2O5/c1-12-4-6-13(7-5-12)16(23)19-14(8-9-15(21)22)17(24)18-10-2-3-11-20/h4-7,14,20H,2-3,8-11H2,1H3,(H,18,24)(H,19,23)(H,21,22). The van der Waals surface area contributed by atoms with E-state index < -0.39 is 23.8 Å². The molecule has 0 saturated heterocycles. The van der Waals surface area contributed by atoms with Crippen molar-refractivity contribution in [1.29, 1.82) is 0 Å². The lowest BCUT2D eigenvalue weighted by Crippen LogP contribution is -2.47. The Bertz CT molecular complexity index is 557. The quantitative estimate of drug-likeness (QED) is 0.473. The number of rotatable bonds is 10. The second-order valence-corrected chi connectivity index (χ2v) is 5.55. The summed E-state index contributed by atoms with van der Waals surface area (Å²) in [7, 11) is 0. The molecule has 0 aliphatic carbocycles. The lowest BCUT2D eigenvalue weighted by Gasteiger charge is -2.18. The average molecular weight is 336 g/mol. The van der Waals surface area contributed by atoms with Crippen LogP contribution in [0.3, 0.4) is 0 Å². The Hall–Kier alpha value is -2.41. The van der Waals surface area contributed by atoms with Gasteiger partial charge in [0.2, 0.25) is 5.91 Å². The molecule has 7 nitrogen and oxygen atoms in total. The van der Waals surface area contributed by atoms with Crippen molar-refractivity contribution in [3.63, 3.8) is 0 Å². The van der Waals surface area contributed by atoms with E-state index >= 15 is 0 Å². The highest BCUT2D eigenvalue weighted by atomic mass is 16.4. The van der Waals surface area contributed by atoms with Gasteiger partial charge in [-0.3, -0.25) is 14.4 Å². The third-order valence-corrected chi connectivity index (χ3v) is 3.47. The number of amides is 2. The monoisotopic (exact) mass is 336 g/mol. The number of hydrogen-bond donors (Lipinski definition) is 4. The predicted molar refractivity (Wildman–Crippen MR) is 88.6 cm³/mol. The first-order valence-electron chi connectivity index (χ1n) is 7.92. The fourth-order valence-electron chi connectivity index (χ4n) is 2.05. The van der Waals surface area contributed by atoms with Crippen molar-refractivity contribution in [2.24, 2.45) is 0 Å². The molecule has 0 bridgehead atoms. The number of unbranched alkanes of at least 4 members (excludes halogenated alkanes) is 1.